The molecule has 4 heavy (non-hydrogen) atoms. The molecule has 0 saturated carbocycles. The fraction of sp³-hybridized carbons (Fsp3) is 0.500. The van der Waals surface area contributed by atoms with Gasteiger partial charge in [0.05, 0.1) is 0 Å². The Labute approximate surface area is 25.5 Å². The molecule has 0 aromatic rings. The van der Waals surface area contributed by atoms with Crippen LogP contribution >= 0.6 is 0 Å². The predicted molar refractivity (Wildman–Crippen MR) is 11.8 cm³/mol. The van der Waals surface area contributed by atoms with Crippen molar-refractivity contribution in [2.45, 2.75) is 6.92 Å². The second-order valence-corrected chi connectivity index (χ2v) is 0.492. The molecule has 0 unspecified atom stereocenters. The van der Waals surface area contributed by atoms with Gasteiger partial charge in [-0.15, -0.1) is 0 Å². The normalized spacial score (nSPS) is 6.25. The van der Waals surface area contributed by atoms with Crippen LogP contribution in [0.4, 0.5) is 0 Å². The average Bonchev–Trinajstić information content (AvgIpc) is 0.811. The maximum atomic E-state index is 8.89. The first-order valence-corrected chi connectivity index (χ1v) is 0.908. The fourth-order valence-electron chi connectivity index (χ4n) is 0. The quantitative estimate of drug-likeness (QED) is 0.355. The van der Waals surface area contributed by atoms with Crippen molar-refractivity contribution in [3.05, 3.63) is 0 Å². The Hall–Kier alpha value is -0.530. The van der Waals surface area contributed by atoms with Crippen LogP contribution in [0.3, 0.4) is 0 Å². The SMILES string of the molecule is CC(=O)[O-].[H-]. The van der Waals surface area contributed by atoms with E-state index in [4.69, 9.17) is 9.90 Å². The maximum absolute atomic E-state index is 8.89. The van der Waals surface area contributed by atoms with Crippen molar-refractivity contribution in [3.63, 3.8) is 0 Å². The van der Waals surface area contributed by atoms with Gasteiger partial charge in [-0.25, -0.2) is 0 Å². The molecule has 0 aromatic heterocycles. The van der Waals surface area contributed by atoms with Crippen molar-refractivity contribution in [1.29, 1.82) is 0 Å². The summed E-state index contributed by atoms with van der Waals surface area (Å²) in [5.41, 5.74) is 0. The zero-order valence-electron chi connectivity index (χ0n) is 3.32. The number of carbonyl (C=O) groups excluding carboxylic acids is 1. The van der Waals surface area contributed by atoms with Crippen LogP contribution in [0.5, 0.6) is 0 Å². The summed E-state index contributed by atoms with van der Waals surface area (Å²) in [5, 5.41) is 8.89. The van der Waals surface area contributed by atoms with Crippen molar-refractivity contribution < 1.29 is 11.3 Å². The Bertz CT molecular complexity index is 30.6. The van der Waals surface area contributed by atoms with Gasteiger partial charge in [0.25, 0.3) is 0 Å². The van der Waals surface area contributed by atoms with Gasteiger partial charge in [-0.05, 0) is 6.92 Å². The van der Waals surface area contributed by atoms with E-state index in [2.05, 4.69) is 0 Å². The van der Waals surface area contributed by atoms with E-state index >= 15 is 0 Å². The molecule has 2 nitrogen and oxygen atoms in total. The summed E-state index contributed by atoms with van der Waals surface area (Å²) in [4.78, 5) is 8.89. The van der Waals surface area contributed by atoms with Crippen LogP contribution in [0.1, 0.15) is 8.35 Å². The average molecular weight is 60.1 g/mol. The highest BCUT2D eigenvalue weighted by Gasteiger charge is 1.46. The molecular weight excluding hydrogens is 56.0 g/mol. The first-order chi connectivity index (χ1) is 1.73. The minimum atomic E-state index is -1.08. The number of hydrogen-bond donors (Lipinski definition) is 0. The molecule has 0 bridgehead atoms. The number of carboxylic acid groups (broad SMARTS) is 1. The van der Waals surface area contributed by atoms with Gasteiger partial charge in [0.1, 0.15) is 0 Å². The van der Waals surface area contributed by atoms with Crippen molar-refractivity contribution in [3.8, 4) is 0 Å². The maximum Gasteiger partial charge on any atom is 0.0383 e. The zero-order chi connectivity index (χ0) is 3.58. The third kappa shape index (κ3) is 1.16. The number of aliphatic carboxylic acids is 1. The Morgan fingerprint density at radius 1 is 2.25 bits per heavy atom. The molecule has 0 rings (SSSR count). The Kier molecular flexibility index (Phi) is 0.759. The van der Waals surface area contributed by atoms with Crippen molar-refractivity contribution in [2.75, 3.05) is 0 Å². The molecular formula is C2H4O2-2. The first-order valence-electron chi connectivity index (χ1n) is 0.908. The molecule has 2 heteroatoms. The Balaban J connectivity index is 0. The molecule has 0 fully saturated rings. The van der Waals surface area contributed by atoms with Gasteiger partial charge in [-0.3, -0.25) is 0 Å². The van der Waals surface area contributed by atoms with E-state index in [9.17, 15) is 0 Å². The van der Waals surface area contributed by atoms with Crippen molar-refractivity contribution in [1.82, 2.24) is 0 Å². The van der Waals surface area contributed by atoms with E-state index in [-0.39, 0.29) is 1.43 Å². The van der Waals surface area contributed by atoms with Crippen LogP contribution in [-0.4, -0.2) is 5.97 Å². The fourth-order valence-corrected chi connectivity index (χ4v) is 0. The molecule has 0 aromatic carbocycles. The first kappa shape index (κ1) is 3.47. The summed E-state index contributed by atoms with van der Waals surface area (Å²) in [6, 6.07) is 0. The summed E-state index contributed by atoms with van der Waals surface area (Å²) >= 11 is 0. The Morgan fingerprint density at radius 3 is 2.25 bits per heavy atom. The molecule has 0 aliphatic heterocycles. The molecule has 0 saturated heterocycles. The standard InChI is InChI=1S/C2H4O2.H/c1-2(3)4;/h1H3,(H,3,4);/q;-1/p-1. The topological polar surface area (TPSA) is 40.1 Å². The van der Waals surface area contributed by atoms with Crippen LogP contribution < -0.4 is 5.11 Å². The smallest absolute Gasteiger partial charge is 0.0383 e. The van der Waals surface area contributed by atoms with Crippen LogP contribution in [0.25, 0.3) is 0 Å². The van der Waals surface area contributed by atoms with Crippen LogP contribution in [0.2, 0.25) is 0 Å². The second kappa shape index (κ2) is 0.875. The Morgan fingerprint density at radius 2 is 2.25 bits per heavy atom. The van der Waals surface area contributed by atoms with E-state index in [0.717, 1.165) is 6.92 Å². The molecule has 0 radical (unpaired) electrons. The van der Waals surface area contributed by atoms with Gasteiger partial charge in [-0.1, -0.05) is 0 Å². The molecule has 0 aliphatic rings. The van der Waals surface area contributed by atoms with Crippen LogP contribution in [0.15, 0.2) is 0 Å². The number of hydrogen-bond acceptors (Lipinski definition) is 2. The third-order valence-electron chi connectivity index (χ3n) is 0. The molecule has 0 atom stereocenters. The van der Waals surface area contributed by atoms with Gasteiger partial charge in [0.15, 0.2) is 0 Å². The lowest BCUT2D eigenvalue weighted by molar-refractivity contribution is -0.302. The van der Waals surface area contributed by atoms with Crippen LogP contribution in [0, 0.1) is 0 Å². The monoisotopic (exact) mass is 60.0 g/mol. The predicted octanol–water partition coefficient (Wildman–Crippen LogP) is -1.13. The van der Waals surface area contributed by atoms with Gasteiger partial charge >= 0.3 is 0 Å². The lowest BCUT2D eigenvalue weighted by Gasteiger charge is -1.77. The molecule has 0 amide bonds. The summed E-state index contributed by atoms with van der Waals surface area (Å²) < 4.78 is 0. The number of carbonyl (C=O) groups is 1. The second-order valence-electron chi connectivity index (χ2n) is 0.492. The molecule has 0 heterocycles. The highest BCUT2D eigenvalue weighted by molar-refractivity contribution is 5.60. The van der Waals surface area contributed by atoms with Gasteiger partial charge in [0.2, 0.25) is 0 Å². The van der Waals surface area contributed by atoms with Crippen molar-refractivity contribution >= 4 is 5.97 Å². The van der Waals surface area contributed by atoms with Crippen molar-refractivity contribution in [2.24, 2.45) is 0 Å². The van der Waals surface area contributed by atoms with E-state index in [1.165, 1.54) is 0 Å². The minimum Gasteiger partial charge on any atom is -1.00 e. The number of rotatable bonds is 0. The van der Waals surface area contributed by atoms with Gasteiger partial charge in [0, 0.05) is 5.97 Å². The summed E-state index contributed by atoms with van der Waals surface area (Å²) in [6.45, 7) is 0.972. The van der Waals surface area contributed by atoms with E-state index in [0.29, 0.717) is 0 Å². The number of carboxylic acids is 1. The lowest BCUT2D eigenvalue weighted by Crippen LogP contribution is -2.16. The van der Waals surface area contributed by atoms with Crippen LogP contribution in [-0.2, 0) is 4.79 Å². The highest BCUT2D eigenvalue weighted by Crippen LogP contribution is 1.31. The van der Waals surface area contributed by atoms with Gasteiger partial charge in [-0.2, -0.15) is 0 Å². The van der Waals surface area contributed by atoms with Gasteiger partial charge < -0.3 is 11.3 Å². The molecule has 26 valence electrons. The largest absolute Gasteiger partial charge is 1.00 e. The molecule has 0 aliphatic carbocycles. The molecule has 0 N–H and O–H groups in total. The minimum absolute atomic E-state index is 0. The lowest BCUT2D eigenvalue weighted by atomic mass is 10.9. The summed E-state index contributed by atoms with van der Waals surface area (Å²) in [5.74, 6) is -1.08. The van der Waals surface area contributed by atoms with E-state index in [1.54, 1.807) is 0 Å². The summed E-state index contributed by atoms with van der Waals surface area (Å²) in [7, 11) is 0. The van der Waals surface area contributed by atoms with E-state index in [1.807, 2.05) is 0 Å². The molecule has 0 spiro atoms. The zero-order valence-corrected chi connectivity index (χ0v) is 2.32. The third-order valence-corrected chi connectivity index (χ3v) is 0. The highest BCUT2D eigenvalue weighted by atomic mass is 16.4. The van der Waals surface area contributed by atoms with E-state index < -0.39 is 5.97 Å². The summed E-state index contributed by atoms with van der Waals surface area (Å²) in [6.07, 6.45) is 0.